The molecule has 0 amide bonds. The zero-order valence-corrected chi connectivity index (χ0v) is 6.89. The summed E-state index contributed by atoms with van der Waals surface area (Å²) >= 11 is 0. The minimum atomic E-state index is -3.38. The molecule has 0 rings (SSSR count). The van der Waals surface area contributed by atoms with E-state index in [9.17, 15) is 0 Å². The Bertz CT molecular complexity index is 29.9. The van der Waals surface area contributed by atoms with Gasteiger partial charge in [0.25, 0.3) is 0 Å². The first-order valence-electron chi connectivity index (χ1n) is 0.632. The summed E-state index contributed by atoms with van der Waals surface area (Å²) in [7, 11) is -3.38. The van der Waals surface area contributed by atoms with Crippen LogP contribution in [0.1, 0.15) is 0 Å². The summed E-state index contributed by atoms with van der Waals surface area (Å²) in [5, 5.41) is 0. The van der Waals surface area contributed by atoms with E-state index in [1.165, 1.54) is 0 Å². The van der Waals surface area contributed by atoms with Gasteiger partial charge in [-0.25, -0.2) is 0 Å². The van der Waals surface area contributed by atoms with Crippen molar-refractivity contribution in [1.29, 1.82) is 0 Å². The van der Waals surface area contributed by atoms with E-state index in [0.717, 1.165) is 0 Å². The molecule has 26 valence electrons. The molecule has 5 heteroatoms. The molecule has 0 saturated carbocycles. The van der Waals surface area contributed by atoms with Crippen LogP contribution in [0.25, 0.3) is 0 Å². The maximum absolute atomic E-state index is 8.63. The summed E-state index contributed by atoms with van der Waals surface area (Å²) in [5.41, 5.74) is 0. The van der Waals surface area contributed by atoms with Crippen LogP contribution in [-0.4, -0.2) is 4.89 Å². The standard InChI is InChI=1S/K.H3O3P/c;1-4(2)3/h;4H,(H2,1,2,3)/q+1;/p-1. The fourth-order valence-corrected chi connectivity index (χ4v) is 0. The van der Waals surface area contributed by atoms with E-state index in [1.54, 1.807) is 0 Å². The van der Waals surface area contributed by atoms with Gasteiger partial charge in [0.2, 0.25) is 0 Å². The first kappa shape index (κ1) is 9.92. The molecule has 0 aromatic rings. The SMILES string of the molecule is O=[PH]([O-])O.[K+]. The van der Waals surface area contributed by atoms with Crippen LogP contribution in [0, 0.1) is 0 Å². The molecule has 1 N–H and O–H groups in total. The normalized spacial score (nSPS) is 12.4. The Morgan fingerprint density at radius 1 is 1.80 bits per heavy atom. The molecule has 1 unspecified atom stereocenters. The second-order valence-electron chi connectivity index (χ2n) is 0.266. The van der Waals surface area contributed by atoms with Gasteiger partial charge in [0.1, 0.15) is 8.25 Å². The van der Waals surface area contributed by atoms with Crippen molar-refractivity contribution in [3.63, 3.8) is 0 Å². The van der Waals surface area contributed by atoms with E-state index >= 15 is 0 Å². The van der Waals surface area contributed by atoms with Crippen molar-refractivity contribution < 1.29 is 65.7 Å². The van der Waals surface area contributed by atoms with Crippen LogP contribution in [0.2, 0.25) is 0 Å². The molecule has 0 bridgehead atoms. The maximum Gasteiger partial charge on any atom is 1.00 e. The van der Waals surface area contributed by atoms with Crippen LogP contribution in [0.4, 0.5) is 0 Å². The first-order chi connectivity index (χ1) is 1.73. The molecule has 1 atom stereocenters. The Kier molecular flexibility index (Phi) is 11.5. The Morgan fingerprint density at radius 3 is 1.80 bits per heavy atom. The number of rotatable bonds is 0. The van der Waals surface area contributed by atoms with Crippen LogP contribution >= 0.6 is 8.25 Å². The monoisotopic (exact) mass is 120 g/mol. The van der Waals surface area contributed by atoms with E-state index in [1.807, 2.05) is 0 Å². The summed E-state index contributed by atoms with van der Waals surface area (Å²) < 4.78 is 8.63. The van der Waals surface area contributed by atoms with Gasteiger partial charge >= 0.3 is 51.4 Å². The van der Waals surface area contributed by atoms with Gasteiger partial charge in [-0.3, -0.25) is 0 Å². The van der Waals surface area contributed by atoms with Crippen LogP contribution in [0.15, 0.2) is 0 Å². The molecular weight excluding hydrogens is 118 g/mol. The van der Waals surface area contributed by atoms with Crippen molar-refractivity contribution in [2.75, 3.05) is 0 Å². The van der Waals surface area contributed by atoms with Crippen LogP contribution < -0.4 is 56.3 Å². The average Bonchev–Trinajstić information content (AvgIpc) is 0.811. The third-order valence-corrected chi connectivity index (χ3v) is 0. The van der Waals surface area contributed by atoms with Gasteiger partial charge in [-0.2, -0.15) is 0 Å². The van der Waals surface area contributed by atoms with Gasteiger partial charge in [0.15, 0.2) is 0 Å². The molecule has 0 aliphatic heterocycles. The van der Waals surface area contributed by atoms with Crippen molar-refractivity contribution >= 4 is 8.25 Å². The van der Waals surface area contributed by atoms with E-state index in [4.69, 9.17) is 14.4 Å². The largest absolute Gasteiger partial charge is 1.00 e. The zero-order valence-electron chi connectivity index (χ0n) is 2.76. The zero-order chi connectivity index (χ0) is 3.58. The summed E-state index contributed by atoms with van der Waals surface area (Å²) in [5.74, 6) is 0. The molecule has 0 aromatic carbocycles. The van der Waals surface area contributed by atoms with E-state index in [2.05, 4.69) is 0 Å². The molecule has 0 spiro atoms. The Balaban J connectivity index is 0. The molecule has 0 heterocycles. The Labute approximate surface area is 72.8 Å². The molecule has 3 nitrogen and oxygen atoms in total. The fraction of sp³-hybridized carbons (Fsp3) is 0. The average molecular weight is 120 g/mol. The first-order valence-corrected chi connectivity index (χ1v) is 1.90. The predicted molar refractivity (Wildman–Crippen MR) is 11.2 cm³/mol. The summed E-state index contributed by atoms with van der Waals surface area (Å²) in [6.07, 6.45) is 0. The van der Waals surface area contributed by atoms with E-state index in [0.29, 0.717) is 0 Å². The van der Waals surface area contributed by atoms with Crippen molar-refractivity contribution in [3.05, 3.63) is 0 Å². The van der Waals surface area contributed by atoms with Gasteiger partial charge in [-0.1, -0.05) is 0 Å². The van der Waals surface area contributed by atoms with Crippen LogP contribution in [0.3, 0.4) is 0 Å². The van der Waals surface area contributed by atoms with Gasteiger partial charge in [0.05, 0.1) is 0 Å². The second-order valence-corrected chi connectivity index (χ2v) is 0.798. The Morgan fingerprint density at radius 2 is 1.80 bits per heavy atom. The summed E-state index contributed by atoms with van der Waals surface area (Å²) in [6, 6.07) is 0. The Hall–Kier alpha value is 1.79. The van der Waals surface area contributed by atoms with Crippen LogP contribution in [0.5, 0.6) is 0 Å². The molecule has 0 fully saturated rings. The van der Waals surface area contributed by atoms with Crippen molar-refractivity contribution in [3.8, 4) is 0 Å². The summed E-state index contributed by atoms with van der Waals surface area (Å²) in [4.78, 5) is 15.7. The molecule has 0 aliphatic rings. The minimum absolute atomic E-state index is 0. The molecule has 0 aromatic heterocycles. The quantitative estimate of drug-likeness (QED) is 0.260. The van der Waals surface area contributed by atoms with Gasteiger partial charge in [-0.05, 0) is 0 Å². The third-order valence-electron chi connectivity index (χ3n) is 0. The summed E-state index contributed by atoms with van der Waals surface area (Å²) in [6.45, 7) is 0. The van der Waals surface area contributed by atoms with Crippen LogP contribution in [-0.2, 0) is 4.57 Å². The van der Waals surface area contributed by atoms with Crippen molar-refractivity contribution in [2.24, 2.45) is 0 Å². The molecule has 0 saturated heterocycles. The topological polar surface area (TPSA) is 60.4 Å². The van der Waals surface area contributed by atoms with Crippen molar-refractivity contribution in [1.82, 2.24) is 0 Å². The van der Waals surface area contributed by atoms with E-state index < -0.39 is 8.25 Å². The minimum Gasteiger partial charge on any atom is -0.781 e. The van der Waals surface area contributed by atoms with E-state index in [-0.39, 0.29) is 51.4 Å². The van der Waals surface area contributed by atoms with Crippen molar-refractivity contribution in [2.45, 2.75) is 0 Å². The third kappa shape index (κ3) is 26.0. The predicted octanol–water partition coefficient (Wildman–Crippen LogP) is -4.27. The molecule has 0 aliphatic carbocycles. The fourth-order valence-electron chi connectivity index (χ4n) is 0. The number of hydrogen-bond acceptors (Lipinski definition) is 2. The van der Waals surface area contributed by atoms with Gasteiger partial charge in [0, 0.05) is 0 Å². The molecular formula is H2KO3P. The smallest absolute Gasteiger partial charge is 0.781 e. The molecule has 5 heavy (non-hydrogen) atoms. The maximum atomic E-state index is 8.63. The van der Waals surface area contributed by atoms with Gasteiger partial charge in [-0.15, -0.1) is 0 Å². The van der Waals surface area contributed by atoms with Gasteiger partial charge < -0.3 is 14.4 Å². The second kappa shape index (κ2) is 5.79. The number of hydrogen-bond donors (Lipinski definition) is 1. The molecule has 0 radical (unpaired) electrons.